The molecule has 0 saturated carbocycles. The number of β-lactam (4-membered cyclic amide) rings is 1. The summed E-state index contributed by atoms with van der Waals surface area (Å²) in [6.07, 6.45) is 2.87. The van der Waals surface area contributed by atoms with Crippen LogP contribution in [0.25, 0.3) is 15.7 Å². The average Bonchev–Trinajstić information content (AvgIpc) is 3.10. The fourth-order valence-corrected chi connectivity index (χ4v) is 8.56. The number of ether oxygens (including phenoxy) is 1. The molecule has 46 heavy (non-hydrogen) atoms. The normalized spacial score (nSPS) is 17.4. The third-order valence-corrected chi connectivity index (χ3v) is 10.7. The molecule has 0 spiro atoms. The van der Waals surface area contributed by atoms with Crippen LogP contribution in [0.2, 0.25) is 0 Å². The van der Waals surface area contributed by atoms with Gasteiger partial charge in [0.2, 0.25) is 11.0 Å². The van der Waals surface area contributed by atoms with E-state index in [2.05, 4.69) is 10.3 Å². The summed E-state index contributed by atoms with van der Waals surface area (Å²) < 4.78 is 7.42. The summed E-state index contributed by atoms with van der Waals surface area (Å²) in [6, 6.07) is 31.7. The van der Waals surface area contributed by atoms with E-state index >= 15 is 0 Å². The molecule has 1 saturated heterocycles. The first-order valence-corrected chi connectivity index (χ1v) is 17.0. The highest BCUT2D eigenvalue weighted by Crippen LogP contribution is 2.45. The van der Waals surface area contributed by atoms with Gasteiger partial charge in [0.25, 0.3) is 5.91 Å². The minimum atomic E-state index is -0.707. The van der Waals surface area contributed by atoms with Gasteiger partial charge < -0.3 is 10.1 Å². The lowest BCUT2D eigenvalue weighted by Gasteiger charge is -2.50. The monoisotopic (exact) mass is 661 g/mol. The second-order valence-electron chi connectivity index (χ2n) is 10.9. The number of rotatable bonds is 8. The van der Waals surface area contributed by atoms with Crippen LogP contribution in [0.1, 0.15) is 27.7 Å². The number of aromatic nitrogens is 1. The first-order chi connectivity index (χ1) is 22.5. The molecule has 2 aromatic heterocycles. The molecule has 1 unspecified atom stereocenters. The quantitative estimate of drug-likeness (QED) is 0.158. The summed E-state index contributed by atoms with van der Waals surface area (Å²) in [5.41, 5.74) is 3.72. The number of hydrogen-bond acceptors (Lipinski definition) is 8. The first kappa shape index (κ1) is 30.0. The summed E-state index contributed by atoms with van der Waals surface area (Å²) in [6.45, 7) is 0. The zero-order valence-electron chi connectivity index (χ0n) is 24.4. The fourth-order valence-electron chi connectivity index (χ4n) is 5.70. The number of carbonyl (C=O) groups excluding carboxylic acids is 2. The van der Waals surface area contributed by atoms with E-state index in [1.54, 1.807) is 23.4 Å². The Morgan fingerprint density at radius 2 is 1.61 bits per heavy atom. The molecule has 0 bridgehead atoms. The summed E-state index contributed by atoms with van der Waals surface area (Å²) in [4.78, 5) is 46.4. The molecule has 2 aliphatic heterocycles. The van der Waals surface area contributed by atoms with Crippen LogP contribution < -0.4 is 10.7 Å². The number of nitrogens with zero attached hydrogens (tertiary/aromatic N) is 2. The van der Waals surface area contributed by atoms with Crippen LogP contribution in [-0.2, 0) is 20.7 Å². The molecule has 7 nitrogen and oxygen atoms in total. The minimum absolute atomic E-state index is 0.148. The number of thiocarbonyl (C=S) groups is 1. The molecule has 2 atom stereocenters. The van der Waals surface area contributed by atoms with Crippen LogP contribution in [0, 0.1) is 0 Å². The lowest BCUT2D eigenvalue weighted by atomic mass is 10.00. The van der Waals surface area contributed by atoms with Gasteiger partial charge in [-0.1, -0.05) is 91.0 Å². The molecule has 10 heteroatoms. The van der Waals surface area contributed by atoms with Crippen LogP contribution in [0.15, 0.2) is 126 Å². The zero-order valence-corrected chi connectivity index (χ0v) is 26.8. The smallest absolute Gasteiger partial charge is 0.253 e. The fraction of sp³-hybridized carbons (Fsp3) is 0.139. The van der Waals surface area contributed by atoms with Crippen LogP contribution in [0.4, 0.5) is 0 Å². The third-order valence-electron chi connectivity index (χ3n) is 7.94. The first-order valence-electron chi connectivity index (χ1n) is 14.7. The summed E-state index contributed by atoms with van der Waals surface area (Å²) >= 11 is 9.01. The van der Waals surface area contributed by atoms with Crippen molar-refractivity contribution in [3.8, 4) is 0 Å². The Bertz CT molecular complexity index is 1990. The van der Waals surface area contributed by atoms with Gasteiger partial charge in [-0.15, -0.1) is 23.1 Å². The maximum Gasteiger partial charge on any atom is 0.253 e. The second-order valence-corrected chi connectivity index (χ2v) is 13.5. The Morgan fingerprint density at radius 3 is 2.28 bits per heavy atom. The third kappa shape index (κ3) is 5.87. The van der Waals surface area contributed by atoms with Crippen LogP contribution in [0.5, 0.6) is 0 Å². The van der Waals surface area contributed by atoms with Crippen molar-refractivity contribution < 1.29 is 14.3 Å². The number of fused-ring (bicyclic) bond motifs is 2. The SMILES string of the molecule is O=C(Cc1ccccc1)NC1C(=O)N2C(C(=S)OC(c3ccccc3)c3ccccc3)=C(c3cc(=O)c4cnccc4s3)CS[C@H]12. The van der Waals surface area contributed by atoms with Crippen molar-refractivity contribution >= 4 is 67.8 Å². The van der Waals surface area contributed by atoms with E-state index in [9.17, 15) is 14.4 Å². The van der Waals surface area contributed by atoms with Crippen LogP contribution in [0.3, 0.4) is 0 Å². The highest BCUT2D eigenvalue weighted by molar-refractivity contribution is 8.00. The van der Waals surface area contributed by atoms with Crippen molar-refractivity contribution in [2.45, 2.75) is 23.9 Å². The number of carbonyl (C=O) groups is 2. The van der Waals surface area contributed by atoms with Crippen LogP contribution in [-0.4, -0.2) is 43.9 Å². The molecular formula is C36H27N3O4S3. The van der Waals surface area contributed by atoms with E-state index in [-0.39, 0.29) is 34.1 Å². The predicted octanol–water partition coefficient (Wildman–Crippen LogP) is 6.14. The Labute approximate surface area is 278 Å². The molecule has 7 rings (SSSR count). The molecule has 2 amide bonds. The van der Waals surface area contributed by atoms with Gasteiger partial charge in [0.15, 0.2) is 5.43 Å². The van der Waals surface area contributed by atoms with Crippen molar-refractivity contribution in [2.75, 3.05) is 5.75 Å². The van der Waals surface area contributed by atoms with Gasteiger partial charge in [0, 0.05) is 39.4 Å². The lowest BCUT2D eigenvalue weighted by molar-refractivity contribution is -0.145. The summed E-state index contributed by atoms with van der Waals surface area (Å²) in [5, 5.41) is 3.25. The van der Waals surface area contributed by atoms with Gasteiger partial charge in [-0.25, -0.2) is 0 Å². The van der Waals surface area contributed by atoms with E-state index in [4.69, 9.17) is 17.0 Å². The number of thioether (sulfide) groups is 1. The summed E-state index contributed by atoms with van der Waals surface area (Å²) in [5.74, 6) is -0.0356. The van der Waals surface area contributed by atoms with E-state index in [1.165, 1.54) is 23.1 Å². The maximum atomic E-state index is 13.9. The van der Waals surface area contributed by atoms with Crippen molar-refractivity contribution in [3.63, 3.8) is 0 Å². The largest absolute Gasteiger partial charge is 0.469 e. The minimum Gasteiger partial charge on any atom is -0.469 e. The highest BCUT2D eigenvalue weighted by atomic mass is 32.2. The van der Waals surface area contributed by atoms with Gasteiger partial charge in [0.05, 0.1) is 11.8 Å². The molecule has 0 radical (unpaired) electrons. The van der Waals surface area contributed by atoms with Crippen molar-refractivity contribution in [1.29, 1.82) is 0 Å². The molecule has 5 aromatic rings. The molecular weight excluding hydrogens is 635 g/mol. The van der Waals surface area contributed by atoms with Crippen molar-refractivity contribution in [1.82, 2.24) is 15.2 Å². The van der Waals surface area contributed by atoms with Gasteiger partial charge in [-0.2, -0.15) is 0 Å². The average molecular weight is 662 g/mol. The standard InChI is InChI=1S/C36H27N3O4S3/c40-27-19-29(46-28-16-17-37-20-25(27)28)26-21-45-35-31(38-30(41)18-22-10-4-1-5-11-22)34(42)39(35)32(26)36(44)43-33(23-12-6-2-7-13-23)24-14-8-3-9-15-24/h1-17,19-20,31,33,35H,18,21H2,(H,38,41)/t31?,35-/m1/s1. The van der Waals surface area contributed by atoms with Crippen LogP contribution >= 0.6 is 35.3 Å². The summed E-state index contributed by atoms with van der Waals surface area (Å²) in [7, 11) is 0. The predicted molar refractivity (Wildman–Crippen MR) is 186 cm³/mol. The van der Waals surface area contributed by atoms with Crippen molar-refractivity contribution in [3.05, 3.63) is 153 Å². The van der Waals surface area contributed by atoms with Gasteiger partial charge in [-0.05, 0) is 35.0 Å². The lowest BCUT2D eigenvalue weighted by Crippen LogP contribution is -2.70. The molecule has 2 aliphatic rings. The van der Waals surface area contributed by atoms with E-state index in [0.717, 1.165) is 27.0 Å². The van der Waals surface area contributed by atoms with Crippen molar-refractivity contribution in [2.24, 2.45) is 0 Å². The van der Waals surface area contributed by atoms with Gasteiger partial charge in [0.1, 0.15) is 23.2 Å². The van der Waals surface area contributed by atoms with E-state index in [0.29, 0.717) is 21.7 Å². The number of pyridine rings is 1. The Hall–Kier alpha value is -4.64. The topological polar surface area (TPSA) is 88.6 Å². The molecule has 4 heterocycles. The molecule has 3 aromatic carbocycles. The molecule has 0 aliphatic carbocycles. The van der Waals surface area contributed by atoms with E-state index < -0.39 is 12.1 Å². The number of amides is 2. The number of benzene rings is 3. The Morgan fingerprint density at radius 1 is 0.957 bits per heavy atom. The molecule has 228 valence electrons. The van der Waals surface area contributed by atoms with E-state index in [1.807, 2.05) is 97.1 Å². The maximum absolute atomic E-state index is 13.9. The van der Waals surface area contributed by atoms with Gasteiger partial charge in [-0.3, -0.25) is 24.3 Å². The Kier molecular flexibility index (Phi) is 8.49. The second kappa shape index (κ2) is 13.0. The molecule has 1 fully saturated rings. The number of hydrogen-bond donors (Lipinski definition) is 1. The molecule has 1 N–H and O–H groups in total. The highest BCUT2D eigenvalue weighted by Gasteiger charge is 2.54. The zero-order chi connectivity index (χ0) is 31.6. The Balaban J connectivity index is 1.26. The number of nitrogens with one attached hydrogen (secondary N) is 1. The van der Waals surface area contributed by atoms with Gasteiger partial charge >= 0.3 is 0 Å².